The number of Topliss-reactive ketones (excluding diaryl/α,β-unsaturated/α-hetero) is 1. The molecule has 8 nitrogen and oxygen atoms in total. The molecule has 0 aliphatic heterocycles. The number of hydrogen-bond donors (Lipinski definition) is 2. The first-order valence-electron chi connectivity index (χ1n) is 5.45. The number of esters is 1. The molecule has 1 rings (SSSR count). The lowest BCUT2D eigenvalue weighted by Gasteiger charge is -2.03. The fraction of sp³-hybridized carbons (Fsp3) is 0.364. The van der Waals surface area contributed by atoms with Gasteiger partial charge in [-0.05, 0) is 6.07 Å². The minimum absolute atomic E-state index is 0.000341. The van der Waals surface area contributed by atoms with Crippen molar-refractivity contribution in [2.24, 2.45) is 0 Å². The smallest absolute Gasteiger partial charge is 0.305 e. The van der Waals surface area contributed by atoms with E-state index in [4.69, 9.17) is 0 Å². The number of methoxy groups -OCH3 is 1. The van der Waals surface area contributed by atoms with Crippen LogP contribution in [0.5, 0.6) is 0 Å². The number of hydrogen-bond acceptors (Lipinski definition) is 6. The summed E-state index contributed by atoms with van der Waals surface area (Å²) in [6, 6.07) is 2.40. The summed E-state index contributed by atoms with van der Waals surface area (Å²) in [4.78, 5) is 44.4. The van der Waals surface area contributed by atoms with E-state index in [9.17, 15) is 19.2 Å². The van der Waals surface area contributed by atoms with Crippen molar-refractivity contribution < 1.29 is 19.1 Å². The summed E-state index contributed by atoms with van der Waals surface area (Å²) in [5.41, 5.74) is -0.425. The molecule has 1 amide bonds. The molecule has 0 fully saturated rings. The van der Waals surface area contributed by atoms with Crippen LogP contribution in [0, 0.1) is 0 Å². The van der Waals surface area contributed by atoms with E-state index in [2.05, 4.69) is 20.3 Å². The zero-order chi connectivity index (χ0) is 14.3. The lowest BCUT2D eigenvalue weighted by Crippen LogP contribution is -2.31. The molecule has 0 bridgehead atoms. The molecule has 0 aliphatic carbocycles. The molecule has 0 spiro atoms. The molecular weight excluding hydrogens is 254 g/mol. The van der Waals surface area contributed by atoms with Crippen LogP contribution in [0.15, 0.2) is 16.9 Å². The van der Waals surface area contributed by atoms with E-state index in [0.29, 0.717) is 0 Å². The molecule has 0 aliphatic rings. The average Bonchev–Trinajstić information content (AvgIpc) is 2.42. The van der Waals surface area contributed by atoms with Gasteiger partial charge in [-0.3, -0.25) is 19.2 Å². The van der Waals surface area contributed by atoms with Crippen LogP contribution in [0.2, 0.25) is 0 Å². The third-order valence-corrected chi connectivity index (χ3v) is 2.19. The predicted molar refractivity (Wildman–Crippen MR) is 63.4 cm³/mol. The van der Waals surface area contributed by atoms with Gasteiger partial charge in [-0.25, -0.2) is 5.10 Å². The number of aromatic nitrogens is 2. The maximum Gasteiger partial charge on any atom is 0.305 e. The average molecular weight is 267 g/mol. The van der Waals surface area contributed by atoms with Crippen LogP contribution in [0.25, 0.3) is 0 Å². The van der Waals surface area contributed by atoms with Gasteiger partial charge < -0.3 is 10.1 Å². The number of H-pyrrole nitrogens is 1. The van der Waals surface area contributed by atoms with Crippen molar-refractivity contribution in [3.05, 3.63) is 28.2 Å². The lowest BCUT2D eigenvalue weighted by atomic mass is 10.2. The minimum Gasteiger partial charge on any atom is -0.469 e. The van der Waals surface area contributed by atoms with Gasteiger partial charge in [0, 0.05) is 12.5 Å². The third kappa shape index (κ3) is 5.11. The molecule has 0 atom stereocenters. The van der Waals surface area contributed by atoms with Crippen molar-refractivity contribution in [1.82, 2.24) is 15.5 Å². The van der Waals surface area contributed by atoms with Gasteiger partial charge in [0.1, 0.15) is 5.69 Å². The van der Waals surface area contributed by atoms with E-state index in [1.165, 1.54) is 13.2 Å². The Hall–Kier alpha value is -2.51. The van der Waals surface area contributed by atoms with E-state index in [0.717, 1.165) is 6.07 Å². The number of carbonyl (C=O) groups is 3. The van der Waals surface area contributed by atoms with Crippen LogP contribution < -0.4 is 10.9 Å². The number of nitrogens with zero attached hydrogens (tertiary/aromatic N) is 1. The van der Waals surface area contributed by atoms with E-state index >= 15 is 0 Å². The third-order valence-electron chi connectivity index (χ3n) is 2.19. The minimum atomic E-state index is -0.581. The molecule has 1 heterocycles. The molecule has 0 radical (unpaired) electrons. The Balaban J connectivity index is 2.38. The van der Waals surface area contributed by atoms with Crippen molar-refractivity contribution in [2.45, 2.75) is 12.8 Å². The van der Waals surface area contributed by atoms with Gasteiger partial charge >= 0.3 is 5.97 Å². The fourth-order valence-electron chi connectivity index (χ4n) is 1.17. The van der Waals surface area contributed by atoms with E-state index < -0.39 is 17.4 Å². The Bertz CT molecular complexity index is 517. The number of ketones is 1. The highest BCUT2D eigenvalue weighted by Crippen LogP contribution is 1.94. The lowest BCUT2D eigenvalue weighted by molar-refractivity contribution is -0.141. The summed E-state index contributed by atoms with van der Waals surface area (Å²) in [5, 5.41) is 7.95. The van der Waals surface area contributed by atoms with Gasteiger partial charge in [0.05, 0.1) is 20.1 Å². The molecule has 0 saturated heterocycles. The summed E-state index contributed by atoms with van der Waals surface area (Å²) < 4.78 is 4.38. The van der Waals surface area contributed by atoms with Crippen molar-refractivity contribution in [3.8, 4) is 0 Å². The van der Waals surface area contributed by atoms with Gasteiger partial charge in [0.15, 0.2) is 5.78 Å². The topological polar surface area (TPSA) is 118 Å². The maximum atomic E-state index is 11.5. The second-order valence-corrected chi connectivity index (χ2v) is 3.60. The zero-order valence-corrected chi connectivity index (χ0v) is 10.3. The molecule has 2 N–H and O–H groups in total. The number of nitrogens with one attached hydrogen (secondary N) is 2. The number of aromatic amines is 1. The van der Waals surface area contributed by atoms with E-state index in [1.54, 1.807) is 0 Å². The Morgan fingerprint density at radius 2 is 2.05 bits per heavy atom. The highest BCUT2D eigenvalue weighted by molar-refractivity contribution is 5.95. The largest absolute Gasteiger partial charge is 0.469 e. The number of ether oxygens (including phenoxy) is 1. The van der Waals surface area contributed by atoms with Crippen LogP contribution in [-0.2, 0) is 14.3 Å². The molecule has 1 aromatic heterocycles. The predicted octanol–water partition coefficient (Wildman–Crippen LogP) is -0.978. The molecule has 8 heteroatoms. The molecule has 19 heavy (non-hydrogen) atoms. The summed E-state index contributed by atoms with van der Waals surface area (Å²) in [7, 11) is 1.23. The molecule has 1 aromatic rings. The van der Waals surface area contributed by atoms with Crippen LogP contribution in [0.4, 0.5) is 0 Å². The Morgan fingerprint density at radius 3 is 2.63 bits per heavy atom. The van der Waals surface area contributed by atoms with Crippen molar-refractivity contribution in [3.63, 3.8) is 0 Å². The first-order chi connectivity index (χ1) is 9.02. The normalized spacial score (nSPS) is 9.74. The number of carbonyl (C=O) groups excluding carboxylic acids is 3. The van der Waals surface area contributed by atoms with Crippen molar-refractivity contribution >= 4 is 17.7 Å². The van der Waals surface area contributed by atoms with Crippen molar-refractivity contribution in [1.29, 1.82) is 0 Å². The molecular formula is C11H13N3O5. The SMILES string of the molecule is COC(=O)CCC(=O)CNC(=O)c1ccc(=O)[nH]n1. The van der Waals surface area contributed by atoms with Crippen LogP contribution >= 0.6 is 0 Å². The Morgan fingerprint density at radius 1 is 1.32 bits per heavy atom. The van der Waals surface area contributed by atoms with Crippen LogP contribution in [0.1, 0.15) is 23.3 Å². The summed E-state index contributed by atoms with van der Waals surface area (Å²) in [6.07, 6.45) is -0.0336. The van der Waals surface area contributed by atoms with Gasteiger partial charge in [-0.15, -0.1) is 0 Å². The van der Waals surface area contributed by atoms with Crippen molar-refractivity contribution in [2.75, 3.05) is 13.7 Å². The maximum absolute atomic E-state index is 11.5. The molecule has 0 aromatic carbocycles. The van der Waals surface area contributed by atoms with E-state index in [1.807, 2.05) is 0 Å². The summed E-state index contributed by atoms with van der Waals surface area (Å²) in [6.45, 7) is -0.212. The fourth-order valence-corrected chi connectivity index (χ4v) is 1.17. The highest BCUT2D eigenvalue weighted by Gasteiger charge is 2.11. The van der Waals surface area contributed by atoms with Crippen LogP contribution in [0.3, 0.4) is 0 Å². The van der Waals surface area contributed by atoms with E-state index in [-0.39, 0.29) is 30.9 Å². The second kappa shape index (κ2) is 7.04. The van der Waals surface area contributed by atoms with Crippen LogP contribution in [-0.4, -0.2) is 41.5 Å². The number of amides is 1. The number of rotatable bonds is 6. The van der Waals surface area contributed by atoms with Gasteiger partial charge in [0.2, 0.25) is 0 Å². The first-order valence-corrected chi connectivity index (χ1v) is 5.45. The van der Waals surface area contributed by atoms with Gasteiger partial charge in [-0.1, -0.05) is 0 Å². The zero-order valence-electron chi connectivity index (χ0n) is 10.3. The monoisotopic (exact) mass is 267 g/mol. The molecule has 102 valence electrons. The Kier molecular flexibility index (Phi) is 5.39. The summed E-state index contributed by atoms with van der Waals surface area (Å²) >= 11 is 0. The van der Waals surface area contributed by atoms with Gasteiger partial charge in [-0.2, -0.15) is 5.10 Å². The van der Waals surface area contributed by atoms with Gasteiger partial charge in [0.25, 0.3) is 11.5 Å². The highest BCUT2D eigenvalue weighted by atomic mass is 16.5. The quantitative estimate of drug-likeness (QED) is 0.640. The summed E-state index contributed by atoms with van der Waals surface area (Å²) in [5.74, 6) is -1.37. The molecule has 0 unspecified atom stereocenters. The standard InChI is InChI=1S/C11H13N3O5/c1-19-10(17)5-2-7(15)6-12-11(18)8-3-4-9(16)14-13-8/h3-4H,2,5-6H2,1H3,(H,12,18)(H,14,16). The molecule has 0 saturated carbocycles. The second-order valence-electron chi connectivity index (χ2n) is 3.60. The Labute approximate surface area is 108 Å². The first kappa shape index (κ1) is 14.6.